The Morgan fingerprint density at radius 1 is 1.23 bits per heavy atom. The van der Waals surface area contributed by atoms with E-state index >= 15 is 0 Å². The van der Waals surface area contributed by atoms with Crippen molar-refractivity contribution in [3.63, 3.8) is 0 Å². The molecule has 78 valence electrons. The Kier molecular flexibility index (Phi) is 3.91. The van der Waals surface area contributed by atoms with E-state index in [4.69, 9.17) is 5.11 Å². The standard InChI is InChI=1S/C10H21NO2/c1-9(2,3)11-7-10(4,5)6-8(12)13/h11H,6-7H2,1-5H3,(H,12,13). The summed E-state index contributed by atoms with van der Waals surface area (Å²) in [5.41, 5.74) is -0.130. The van der Waals surface area contributed by atoms with Crippen molar-refractivity contribution in [2.75, 3.05) is 6.54 Å². The zero-order valence-corrected chi connectivity index (χ0v) is 9.27. The predicted molar refractivity (Wildman–Crippen MR) is 53.8 cm³/mol. The molecule has 0 aliphatic carbocycles. The fourth-order valence-corrected chi connectivity index (χ4v) is 0.976. The molecule has 0 aromatic carbocycles. The van der Waals surface area contributed by atoms with Crippen LogP contribution in [0.5, 0.6) is 0 Å². The van der Waals surface area contributed by atoms with E-state index in [0.717, 1.165) is 6.54 Å². The number of hydrogen-bond donors (Lipinski definition) is 2. The molecule has 0 radical (unpaired) electrons. The molecule has 0 rings (SSSR count). The van der Waals surface area contributed by atoms with E-state index in [1.807, 2.05) is 13.8 Å². The highest BCUT2D eigenvalue weighted by molar-refractivity contribution is 5.67. The van der Waals surface area contributed by atoms with Crippen molar-refractivity contribution in [3.05, 3.63) is 0 Å². The second kappa shape index (κ2) is 4.09. The summed E-state index contributed by atoms with van der Waals surface area (Å²) in [6.45, 7) is 10.9. The van der Waals surface area contributed by atoms with Gasteiger partial charge in [-0.05, 0) is 26.2 Å². The van der Waals surface area contributed by atoms with Crippen LogP contribution in [0.25, 0.3) is 0 Å². The number of carboxylic acid groups (broad SMARTS) is 1. The minimum absolute atomic E-state index is 0.0514. The highest BCUT2D eigenvalue weighted by atomic mass is 16.4. The van der Waals surface area contributed by atoms with Crippen LogP contribution in [0.2, 0.25) is 0 Å². The summed E-state index contributed by atoms with van der Waals surface area (Å²) in [6, 6.07) is 0. The van der Waals surface area contributed by atoms with Gasteiger partial charge in [0, 0.05) is 12.1 Å². The van der Waals surface area contributed by atoms with E-state index < -0.39 is 5.97 Å². The van der Waals surface area contributed by atoms with Gasteiger partial charge in [0.25, 0.3) is 0 Å². The van der Waals surface area contributed by atoms with Crippen molar-refractivity contribution in [1.82, 2.24) is 5.32 Å². The van der Waals surface area contributed by atoms with Gasteiger partial charge in [-0.15, -0.1) is 0 Å². The zero-order chi connectivity index (χ0) is 10.7. The smallest absolute Gasteiger partial charge is 0.303 e. The van der Waals surface area contributed by atoms with Crippen LogP contribution in [0.1, 0.15) is 41.0 Å². The molecule has 0 aliphatic rings. The zero-order valence-electron chi connectivity index (χ0n) is 9.27. The molecule has 0 bridgehead atoms. The second-order valence-electron chi connectivity index (χ2n) is 5.34. The van der Waals surface area contributed by atoms with Crippen molar-refractivity contribution in [3.8, 4) is 0 Å². The van der Waals surface area contributed by atoms with E-state index in [1.165, 1.54) is 0 Å². The molecule has 0 atom stereocenters. The molecule has 0 heterocycles. The first-order valence-electron chi connectivity index (χ1n) is 4.59. The SMILES string of the molecule is CC(C)(CNC(C)(C)C)CC(=O)O. The van der Waals surface area contributed by atoms with Gasteiger partial charge in [0.05, 0.1) is 6.42 Å². The molecule has 0 fully saturated rings. The van der Waals surface area contributed by atoms with E-state index in [1.54, 1.807) is 0 Å². The molecule has 0 aromatic rings. The average molecular weight is 187 g/mol. The van der Waals surface area contributed by atoms with Gasteiger partial charge in [-0.2, -0.15) is 0 Å². The Hall–Kier alpha value is -0.570. The first kappa shape index (κ1) is 12.4. The highest BCUT2D eigenvalue weighted by Crippen LogP contribution is 2.19. The van der Waals surface area contributed by atoms with Gasteiger partial charge in [0.15, 0.2) is 0 Å². The Morgan fingerprint density at radius 2 is 1.69 bits per heavy atom. The van der Waals surface area contributed by atoms with Gasteiger partial charge >= 0.3 is 5.97 Å². The third-order valence-electron chi connectivity index (χ3n) is 1.73. The number of aliphatic carboxylic acids is 1. The van der Waals surface area contributed by atoms with Crippen molar-refractivity contribution in [2.24, 2.45) is 5.41 Å². The van der Waals surface area contributed by atoms with Crippen LogP contribution in [0.4, 0.5) is 0 Å². The summed E-state index contributed by atoms with van der Waals surface area (Å²) in [5.74, 6) is -0.735. The molecule has 3 nitrogen and oxygen atoms in total. The topological polar surface area (TPSA) is 49.3 Å². The number of rotatable bonds is 4. The fraction of sp³-hybridized carbons (Fsp3) is 0.900. The van der Waals surface area contributed by atoms with Gasteiger partial charge in [0.1, 0.15) is 0 Å². The summed E-state index contributed by atoms with van der Waals surface area (Å²) >= 11 is 0. The average Bonchev–Trinajstić information content (AvgIpc) is 1.79. The van der Waals surface area contributed by atoms with Gasteiger partial charge in [-0.25, -0.2) is 0 Å². The molecule has 0 amide bonds. The van der Waals surface area contributed by atoms with Crippen LogP contribution in [0.3, 0.4) is 0 Å². The lowest BCUT2D eigenvalue weighted by Gasteiger charge is -2.29. The normalized spacial score (nSPS) is 13.0. The molecule has 3 heteroatoms. The maximum absolute atomic E-state index is 10.5. The van der Waals surface area contributed by atoms with Gasteiger partial charge in [-0.1, -0.05) is 13.8 Å². The van der Waals surface area contributed by atoms with Crippen LogP contribution in [-0.2, 0) is 4.79 Å². The van der Waals surface area contributed by atoms with Crippen LogP contribution in [0.15, 0.2) is 0 Å². The summed E-state index contributed by atoms with van der Waals surface area (Å²) in [7, 11) is 0. The van der Waals surface area contributed by atoms with Crippen LogP contribution in [0, 0.1) is 5.41 Å². The first-order valence-corrected chi connectivity index (χ1v) is 4.59. The quantitative estimate of drug-likeness (QED) is 0.706. The van der Waals surface area contributed by atoms with Crippen molar-refractivity contribution < 1.29 is 9.90 Å². The largest absolute Gasteiger partial charge is 0.481 e. The molecule has 0 saturated heterocycles. The van der Waals surface area contributed by atoms with Gasteiger partial charge in [0.2, 0.25) is 0 Å². The Balaban J connectivity index is 3.96. The van der Waals surface area contributed by atoms with E-state index in [0.29, 0.717) is 0 Å². The van der Waals surface area contributed by atoms with E-state index in [9.17, 15) is 4.79 Å². The highest BCUT2D eigenvalue weighted by Gasteiger charge is 2.23. The number of carboxylic acids is 1. The monoisotopic (exact) mass is 187 g/mol. The maximum Gasteiger partial charge on any atom is 0.303 e. The molecule has 0 spiro atoms. The summed E-state index contributed by atoms with van der Waals surface area (Å²) in [5, 5.41) is 12.0. The fourth-order valence-electron chi connectivity index (χ4n) is 0.976. The first-order chi connectivity index (χ1) is 5.62. The number of nitrogens with one attached hydrogen (secondary N) is 1. The lowest BCUT2D eigenvalue weighted by atomic mass is 9.88. The predicted octanol–water partition coefficient (Wildman–Crippen LogP) is 1.88. The second-order valence-corrected chi connectivity index (χ2v) is 5.34. The molecular formula is C10H21NO2. The van der Waals surface area contributed by atoms with Crippen molar-refractivity contribution in [1.29, 1.82) is 0 Å². The molecular weight excluding hydrogens is 166 g/mol. The molecule has 0 aliphatic heterocycles. The van der Waals surface area contributed by atoms with Crippen LogP contribution < -0.4 is 5.32 Å². The summed E-state index contributed by atoms with van der Waals surface area (Å²) < 4.78 is 0. The number of carbonyl (C=O) groups is 1. The third kappa shape index (κ3) is 7.78. The van der Waals surface area contributed by atoms with Crippen LogP contribution in [-0.4, -0.2) is 23.2 Å². The van der Waals surface area contributed by atoms with Crippen LogP contribution >= 0.6 is 0 Å². The molecule has 0 unspecified atom stereocenters. The minimum Gasteiger partial charge on any atom is -0.481 e. The third-order valence-corrected chi connectivity index (χ3v) is 1.73. The molecule has 0 saturated carbocycles. The lowest BCUT2D eigenvalue weighted by Crippen LogP contribution is -2.42. The van der Waals surface area contributed by atoms with Crippen molar-refractivity contribution >= 4 is 5.97 Å². The van der Waals surface area contributed by atoms with Gasteiger partial charge < -0.3 is 10.4 Å². The Labute approximate surface area is 80.5 Å². The summed E-state index contributed by atoms with van der Waals surface area (Å²) in [6.07, 6.45) is 0.204. The Bertz CT molecular complexity index is 180. The summed E-state index contributed by atoms with van der Waals surface area (Å²) in [4.78, 5) is 10.5. The minimum atomic E-state index is -0.735. The van der Waals surface area contributed by atoms with Gasteiger partial charge in [-0.3, -0.25) is 4.79 Å². The molecule has 2 N–H and O–H groups in total. The van der Waals surface area contributed by atoms with E-state index in [2.05, 4.69) is 26.1 Å². The molecule has 13 heavy (non-hydrogen) atoms. The lowest BCUT2D eigenvalue weighted by molar-refractivity contribution is -0.139. The van der Waals surface area contributed by atoms with E-state index in [-0.39, 0.29) is 17.4 Å². The number of hydrogen-bond acceptors (Lipinski definition) is 2. The molecule has 0 aromatic heterocycles. The van der Waals surface area contributed by atoms with Crippen molar-refractivity contribution in [2.45, 2.75) is 46.6 Å². The maximum atomic E-state index is 10.5. The Morgan fingerprint density at radius 3 is 2.00 bits per heavy atom.